The van der Waals surface area contributed by atoms with Crippen LogP contribution in [0.4, 0.5) is 0 Å². The van der Waals surface area contributed by atoms with Gasteiger partial charge in [0, 0.05) is 0 Å². The first-order valence-electron chi connectivity index (χ1n) is 23.8. The minimum atomic E-state index is 0.968. The fourth-order valence-corrected chi connectivity index (χ4v) is 2.99. The summed E-state index contributed by atoms with van der Waals surface area (Å²) in [7, 11) is 0. The number of rotatable bonds is 13. The Bertz CT molecular complexity index is 637. The molecular weight excluding hydrogens is 649 g/mol. The summed E-state index contributed by atoms with van der Waals surface area (Å²) in [5.41, 5.74) is 0. The van der Waals surface area contributed by atoms with Gasteiger partial charge in [0.25, 0.3) is 0 Å². The van der Waals surface area contributed by atoms with Crippen LogP contribution in [0, 0.1) is 11.8 Å². The van der Waals surface area contributed by atoms with Crippen LogP contribution in [0.3, 0.4) is 0 Å². The SMILES string of the molecule is C/C=C/C1CC1.C/C=C/CC.CC.CC/C=C/C1CC1.CC/C=C/CC.CCC.CCCC.CCCC.CCCCC.CCCCCC.c1ccccc1. The van der Waals surface area contributed by atoms with E-state index in [1.54, 1.807) is 0 Å². The molecule has 0 radical (unpaired) electrons. The van der Waals surface area contributed by atoms with Gasteiger partial charge in [-0.25, -0.2) is 0 Å². The van der Waals surface area contributed by atoms with Crippen LogP contribution in [0.25, 0.3) is 0 Å². The van der Waals surface area contributed by atoms with Crippen LogP contribution < -0.4 is 0 Å². The summed E-state index contributed by atoms with van der Waals surface area (Å²) in [6.45, 7) is 38.6. The zero-order valence-electron chi connectivity index (χ0n) is 41.4. The van der Waals surface area contributed by atoms with Gasteiger partial charge in [-0.3, -0.25) is 0 Å². The summed E-state index contributed by atoms with van der Waals surface area (Å²) in [5, 5.41) is 0. The molecule has 326 valence electrons. The van der Waals surface area contributed by atoms with E-state index in [1.165, 1.54) is 122 Å². The van der Waals surface area contributed by atoms with Crippen molar-refractivity contribution in [3.63, 3.8) is 0 Å². The van der Waals surface area contributed by atoms with Gasteiger partial charge in [-0.05, 0) is 77.0 Å². The second kappa shape index (κ2) is 88.4. The van der Waals surface area contributed by atoms with Crippen LogP contribution in [0.1, 0.15) is 253 Å². The van der Waals surface area contributed by atoms with Crippen molar-refractivity contribution in [3.8, 4) is 0 Å². The zero-order chi connectivity index (χ0) is 43.2. The van der Waals surface area contributed by atoms with Gasteiger partial charge in [-0.1, -0.05) is 273 Å². The molecule has 1 aromatic rings. The van der Waals surface area contributed by atoms with E-state index in [0.29, 0.717) is 0 Å². The number of allylic oxidation sites excluding steroid dienone is 8. The van der Waals surface area contributed by atoms with Crippen molar-refractivity contribution in [3.05, 3.63) is 85.0 Å². The summed E-state index contributed by atoms with van der Waals surface area (Å²) >= 11 is 0. The van der Waals surface area contributed by atoms with Crippen LogP contribution in [-0.2, 0) is 0 Å². The van der Waals surface area contributed by atoms with Crippen LogP contribution in [-0.4, -0.2) is 0 Å². The van der Waals surface area contributed by atoms with E-state index in [9.17, 15) is 0 Å². The molecule has 2 aliphatic carbocycles. The third kappa shape index (κ3) is 143. The molecule has 0 unspecified atom stereocenters. The highest BCUT2D eigenvalue weighted by Gasteiger charge is 2.16. The van der Waals surface area contributed by atoms with Crippen LogP contribution in [0.2, 0.25) is 0 Å². The van der Waals surface area contributed by atoms with Crippen LogP contribution in [0.5, 0.6) is 0 Å². The Balaban J connectivity index is -0.0000000728. The summed E-state index contributed by atoms with van der Waals surface area (Å²) in [6, 6.07) is 12.0. The number of unbranched alkanes of at least 4 members (excludes halogenated alkanes) is 7. The van der Waals surface area contributed by atoms with Crippen LogP contribution >= 0.6 is 0 Å². The molecule has 54 heavy (non-hydrogen) atoms. The smallest absolute Gasteiger partial charge is 0.0233 e. The van der Waals surface area contributed by atoms with Crippen molar-refractivity contribution in [2.24, 2.45) is 11.8 Å². The largest absolute Gasteiger partial charge is 0.0917 e. The predicted molar refractivity (Wildman–Crippen MR) is 264 cm³/mol. The van der Waals surface area contributed by atoms with Gasteiger partial charge in [0.2, 0.25) is 0 Å². The average Bonchev–Trinajstić information content (AvgIpc) is 4.17. The zero-order valence-corrected chi connectivity index (χ0v) is 41.4. The summed E-state index contributed by atoms with van der Waals surface area (Å²) in [6.07, 6.45) is 44.2. The number of benzene rings is 1. The third-order valence-corrected chi connectivity index (χ3v) is 6.79. The lowest BCUT2D eigenvalue weighted by atomic mass is 10.2. The maximum absolute atomic E-state index is 2.33. The summed E-state index contributed by atoms with van der Waals surface area (Å²) in [5.74, 6) is 1.94. The molecule has 0 saturated heterocycles. The fourth-order valence-electron chi connectivity index (χ4n) is 2.99. The van der Waals surface area contributed by atoms with Crippen molar-refractivity contribution < 1.29 is 0 Å². The molecule has 0 bridgehead atoms. The van der Waals surface area contributed by atoms with Gasteiger partial charge in [0.05, 0.1) is 0 Å². The highest BCUT2D eigenvalue weighted by molar-refractivity contribution is 4.99. The van der Waals surface area contributed by atoms with Gasteiger partial charge in [0.15, 0.2) is 0 Å². The molecule has 0 aromatic heterocycles. The van der Waals surface area contributed by atoms with Crippen molar-refractivity contribution in [2.75, 3.05) is 0 Å². The van der Waals surface area contributed by atoms with Gasteiger partial charge >= 0.3 is 0 Å². The number of hydrogen-bond acceptors (Lipinski definition) is 0. The second-order valence-electron chi connectivity index (χ2n) is 13.2. The molecule has 0 N–H and O–H groups in total. The van der Waals surface area contributed by atoms with Crippen molar-refractivity contribution in [1.29, 1.82) is 0 Å². The molecule has 0 heterocycles. The molecule has 0 nitrogen and oxygen atoms in total. The first-order chi connectivity index (χ1) is 26.3. The third-order valence-electron chi connectivity index (χ3n) is 6.79. The Morgan fingerprint density at radius 2 is 0.630 bits per heavy atom. The Kier molecular flexibility index (Phi) is 115. The lowest BCUT2D eigenvalue weighted by Crippen LogP contribution is -1.66. The van der Waals surface area contributed by atoms with Crippen molar-refractivity contribution in [2.45, 2.75) is 253 Å². The molecule has 0 amide bonds. The molecule has 2 saturated carbocycles. The van der Waals surface area contributed by atoms with E-state index in [0.717, 1.165) is 18.3 Å². The lowest BCUT2D eigenvalue weighted by Gasteiger charge is -1.86. The lowest BCUT2D eigenvalue weighted by molar-refractivity contribution is 0.702. The van der Waals surface area contributed by atoms with E-state index in [1.807, 2.05) is 57.2 Å². The molecule has 0 heteroatoms. The predicted octanol–water partition coefficient (Wildman–Crippen LogP) is 21.2. The van der Waals surface area contributed by atoms with E-state index in [2.05, 4.69) is 152 Å². The molecule has 0 atom stereocenters. The van der Waals surface area contributed by atoms with Gasteiger partial charge in [-0.2, -0.15) is 0 Å². The van der Waals surface area contributed by atoms with Crippen molar-refractivity contribution >= 4 is 0 Å². The van der Waals surface area contributed by atoms with Gasteiger partial charge in [0.1, 0.15) is 0 Å². The maximum Gasteiger partial charge on any atom is -0.0233 e. The number of hydrogen-bond donors (Lipinski definition) is 0. The second-order valence-corrected chi connectivity index (χ2v) is 13.2. The van der Waals surface area contributed by atoms with E-state index >= 15 is 0 Å². The average molecular weight is 759 g/mol. The maximum atomic E-state index is 2.33. The summed E-state index contributed by atoms with van der Waals surface area (Å²) < 4.78 is 0. The minimum absolute atomic E-state index is 0.968. The topological polar surface area (TPSA) is 0 Å². The monoisotopic (exact) mass is 759 g/mol. The molecule has 2 aliphatic rings. The molecule has 0 aliphatic heterocycles. The van der Waals surface area contributed by atoms with Crippen LogP contribution in [0.15, 0.2) is 85.0 Å². The fraction of sp³-hybridized carbons (Fsp3) is 0.741. The normalized spacial score (nSPS) is 11.6. The molecular formula is C54H110. The Morgan fingerprint density at radius 1 is 0.352 bits per heavy atom. The van der Waals surface area contributed by atoms with E-state index < -0.39 is 0 Å². The molecule has 1 aromatic carbocycles. The van der Waals surface area contributed by atoms with E-state index in [4.69, 9.17) is 0 Å². The highest BCUT2D eigenvalue weighted by Crippen LogP contribution is 2.30. The summed E-state index contributed by atoms with van der Waals surface area (Å²) in [4.78, 5) is 0. The van der Waals surface area contributed by atoms with Crippen molar-refractivity contribution in [1.82, 2.24) is 0 Å². The molecule has 3 rings (SSSR count). The first-order valence-corrected chi connectivity index (χ1v) is 23.8. The first kappa shape index (κ1) is 70.0. The minimum Gasteiger partial charge on any atom is -0.0917 e. The van der Waals surface area contributed by atoms with Gasteiger partial charge in [-0.15, -0.1) is 0 Å². The highest BCUT2D eigenvalue weighted by atomic mass is 14.2. The quantitative estimate of drug-likeness (QED) is 0.139. The molecule has 0 spiro atoms. The Morgan fingerprint density at radius 3 is 0.759 bits per heavy atom. The standard InChI is InChI=1S/C7H12.C6H10.C6H6.C6H14.C6H12.C5H12.C5H10.2C4H10.C3H8.C2H6/c1-2-3-4-7-5-6-7;1-2-3-6-4-5-6;1-2-4-6-5-3-1;2*1-3-5-6-4-2;2*1-3-5-4-2;2*1-3-4-2;1-3-2;1-2/h3-4,7H,2,5-6H2,1H3;2-3,6H,4-5H2,1H3;1-6H;3-6H2,1-2H3;5-6H,3-4H2,1-2H3;3-5H2,1-2H3;3,5H,4H2,1-2H3;2*3-4H2,1-2H3;3H2,1-2H3;1-2H3/b4-3+;3-2+;;;6-5+;;5-3+;;;;. The Hall–Kier alpha value is -1.82. The van der Waals surface area contributed by atoms with E-state index in [-0.39, 0.29) is 0 Å². The van der Waals surface area contributed by atoms with Gasteiger partial charge < -0.3 is 0 Å². The molecule has 2 fully saturated rings. The Labute approximate surface area is 348 Å².